The van der Waals surface area contributed by atoms with Crippen LogP contribution in [0, 0.1) is 5.92 Å². The smallest absolute Gasteiger partial charge is 0.308 e. The van der Waals surface area contributed by atoms with Crippen LogP contribution in [0.1, 0.15) is 12.8 Å². The number of ether oxygens (including phenoxy) is 4. The molecule has 2 atom stereocenters. The fraction of sp³-hybridized carbons (Fsp3) is 0.909. The Hall–Kier alpha value is -0.650. The second-order valence-corrected chi connectivity index (χ2v) is 3.94. The summed E-state index contributed by atoms with van der Waals surface area (Å²) in [6.07, 6.45) is 0.833. The molecule has 0 bridgehead atoms. The number of rotatable bonds is 4. The van der Waals surface area contributed by atoms with Crippen molar-refractivity contribution in [3.05, 3.63) is 0 Å². The van der Waals surface area contributed by atoms with Gasteiger partial charge in [-0.05, 0) is 12.8 Å². The van der Waals surface area contributed by atoms with E-state index in [1.54, 1.807) is 21.3 Å². The van der Waals surface area contributed by atoms with Crippen LogP contribution in [0.5, 0.6) is 0 Å². The maximum absolute atomic E-state index is 11.5. The van der Waals surface area contributed by atoms with Crippen LogP contribution in [0.2, 0.25) is 0 Å². The molecule has 0 aliphatic heterocycles. The van der Waals surface area contributed by atoms with E-state index in [0.717, 1.165) is 0 Å². The van der Waals surface area contributed by atoms with E-state index in [0.29, 0.717) is 12.8 Å². The molecule has 0 heterocycles. The number of methoxy groups -OCH3 is 4. The van der Waals surface area contributed by atoms with Crippen LogP contribution in [-0.4, -0.2) is 52.7 Å². The summed E-state index contributed by atoms with van der Waals surface area (Å²) in [6.45, 7) is 0. The number of hydrogen-bond donors (Lipinski definition) is 0. The van der Waals surface area contributed by atoms with Crippen LogP contribution >= 0.6 is 0 Å². The highest BCUT2D eigenvalue weighted by atomic mass is 16.6. The van der Waals surface area contributed by atoms with Crippen LogP contribution < -0.4 is 0 Å². The lowest BCUT2D eigenvalue weighted by atomic mass is 9.83. The van der Waals surface area contributed by atoms with Crippen LogP contribution in [0.15, 0.2) is 0 Å². The van der Waals surface area contributed by atoms with E-state index in [4.69, 9.17) is 18.9 Å². The predicted octanol–water partition coefficient (Wildman–Crippen LogP) is 0.614. The zero-order valence-corrected chi connectivity index (χ0v) is 10.3. The molecule has 5 nitrogen and oxygen atoms in total. The molecular weight excluding hydrogens is 212 g/mol. The quantitative estimate of drug-likeness (QED) is 0.665. The fourth-order valence-corrected chi connectivity index (χ4v) is 2.29. The minimum atomic E-state index is -0.210. The molecule has 0 spiro atoms. The Morgan fingerprint density at radius 1 is 0.938 bits per heavy atom. The average molecular weight is 232 g/mol. The third kappa shape index (κ3) is 2.72. The van der Waals surface area contributed by atoms with Gasteiger partial charge in [-0.1, -0.05) is 0 Å². The second-order valence-electron chi connectivity index (χ2n) is 3.94. The number of carbonyl (C=O) groups excluding carboxylic acids is 1. The van der Waals surface area contributed by atoms with E-state index >= 15 is 0 Å². The lowest BCUT2D eigenvalue weighted by Crippen LogP contribution is -2.49. The SMILES string of the molecule is COC(=O)C1CC(OC)C(OC)C(OC)C1. The minimum absolute atomic E-state index is 0.129. The summed E-state index contributed by atoms with van der Waals surface area (Å²) in [5.74, 6) is -0.384. The first-order chi connectivity index (χ1) is 7.67. The molecule has 0 aromatic carbocycles. The highest BCUT2D eigenvalue weighted by Crippen LogP contribution is 2.30. The van der Waals surface area contributed by atoms with Crippen molar-refractivity contribution in [2.75, 3.05) is 28.4 Å². The molecular formula is C11H20O5. The largest absolute Gasteiger partial charge is 0.469 e. The van der Waals surface area contributed by atoms with Gasteiger partial charge in [-0.3, -0.25) is 4.79 Å². The maximum Gasteiger partial charge on any atom is 0.308 e. The Morgan fingerprint density at radius 2 is 1.44 bits per heavy atom. The molecule has 0 amide bonds. The first-order valence-electron chi connectivity index (χ1n) is 5.34. The van der Waals surface area contributed by atoms with Gasteiger partial charge in [-0.2, -0.15) is 0 Å². The van der Waals surface area contributed by atoms with E-state index in [1.165, 1.54) is 7.11 Å². The highest BCUT2D eigenvalue weighted by Gasteiger charge is 2.41. The molecule has 1 saturated carbocycles. The topological polar surface area (TPSA) is 54.0 Å². The third-order valence-electron chi connectivity index (χ3n) is 3.18. The second kappa shape index (κ2) is 6.18. The normalized spacial score (nSPS) is 34.8. The lowest BCUT2D eigenvalue weighted by Gasteiger charge is -2.38. The summed E-state index contributed by atoms with van der Waals surface area (Å²) in [5, 5.41) is 0. The zero-order valence-electron chi connectivity index (χ0n) is 10.3. The molecule has 1 fully saturated rings. The van der Waals surface area contributed by atoms with Crippen LogP contribution in [0.25, 0.3) is 0 Å². The van der Waals surface area contributed by atoms with E-state index in [1.807, 2.05) is 0 Å². The summed E-state index contributed by atoms with van der Waals surface area (Å²) < 4.78 is 20.8. The summed E-state index contributed by atoms with van der Waals surface area (Å²) in [6, 6.07) is 0. The van der Waals surface area contributed by atoms with Crippen LogP contribution in [0.4, 0.5) is 0 Å². The molecule has 1 aliphatic carbocycles. The summed E-state index contributed by atoms with van der Waals surface area (Å²) in [4.78, 5) is 11.5. The van der Waals surface area contributed by atoms with Gasteiger partial charge in [0.25, 0.3) is 0 Å². The first kappa shape index (κ1) is 13.4. The summed E-state index contributed by atoms with van der Waals surface area (Å²) in [7, 11) is 6.25. The van der Waals surface area contributed by atoms with Gasteiger partial charge >= 0.3 is 5.97 Å². The van der Waals surface area contributed by atoms with Gasteiger partial charge in [0.15, 0.2) is 0 Å². The molecule has 16 heavy (non-hydrogen) atoms. The Bertz CT molecular complexity index is 216. The lowest BCUT2D eigenvalue weighted by molar-refractivity contribution is -0.166. The molecule has 0 radical (unpaired) electrons. The van der Waals surface area contributed by atoms with E-state index in [2.05, 4.69) is 0 Å². The molecule has 94 valence electrons. The number of carbonyl (C=O) groups is 1. The Labute approximate surface area is 96.0 Å². The third-order valence-corrected chi connectivity index (χ3v) is 3.18. The van der Waals surface area contributed by atoms with Crippen molar-refractivity contribution in [1.29, 1.82) is 0 Å². The van der Waals surface area contributed by atoms with E-state index < -0.39 is 0 Å². The van der Waals surface area contributed by atoms with Gasteiger partial charge in [0.2, 0.25) is 0 Å². The van der Waals surface area contributed by atoms with Gasteiger partial charge in [0.05, 0.1) is 25.2 Å². The number of hydrogen-bond acceptors (Lipinski definition) is 5. The molecule has 0 saturated heterocycles. The average Bonchev–Trinajstić information content (AvgIpc) is 2.35. The Balaban J connectivity index is 2.73. The monoisotopic (exact) mass is 232 g/mol. The zero-order chi connectivity index (χ0) is 12.1. The van der Waals surface area contributed by atoms with Crippen molar-refractivity contribution in [3.63, 3.8) is 0 Å². The van der Waals surface area contributed by atoms with Gasteiger partial charge in [0.1, 0.15) is 6.10 Å². The van der Waals surface area contributed by atoms with Crippen LogP contribution in [0.3, 0.4) is 0 Å². The van der Waals surface area contributed by atoms with Crippen molar-refractivity contribution in [1.82, 2.24) is 0 Å². The Kier molecular flexibility index (Phi) is 5.18. The van der Waals surface area contributed by atoms with Gasteiger partial charge < -0.3 is 18.9 Å². The molecule has 5 heteroatoms. The number of esters is 1. The molecule has 1 rings (SSSR count). The van der Waals surface area contributed by atoms with Gasteiger partial charge in [-0.25, -0.2) is 0 Å². The molecule has 0 aromatic heterocycles. The van der Waals surface area contributed by atoms with E-state index in [9.17, 15) is 4.79 Å². The maximum atomic E-state index is 11.5. The molecule has 2 unspecified atom stereocenters. The van der Waals surface area contributed by atoms with Gasteiger partial charge in [-0.15, -0.1) is 0 Å². The summed E-state index contributed by atoms with van der Waals surface area (Å²) >= 11 is 0. The highest BCUT2D eigenvalue weighted by molar-refractivity contribution is 5.72. The molecule has 0 N–H and O–H groups in total. The van der Waals surface area contributed by atoms with E-state index in [-0.39, 0.29) is 30.2 Å². The van der Waals surface area contributed by atoms with Crippen molar-refractivity contribution >= 4 is 5.97 Å². The van der Waals surface area contributed by atoms with Crippen molar-refractivity contribution in [2.24, 2.45) is 5.92 Å². The predicted molar refractivity (Wildman–Crippen MR) is 57.1 cm³/mol. The van der Waals surface area contributed by atoms with Crippen molar-refractivity contribution in [3.8, 4) is 0 Å². The van der Waals surface area contributed by atoms with Crippen LogP contribution in [-0.2, 0) is 23.7 Å². The molecule has 0 aromatic rings. The summed E-state index contributed by atoms with van der Waals surface area (Å²) in [5.41, 5.74) is 0. The van der Waals surface area contributed by atoms with Gasteiger partial charge in [0, 0.05) is 21.3 Å². The first-order valence-corrected chi connectivity index (χ1v) is 5.34. The standard InChI is InChI=1S/C11H20O5/c1-13-8-5-7(11(12)16-4)6-9(14-2)10(8)15-3/h7-10H,5-6H2,1-4H3. The minimum Gasteiger partial charge on any atom is -0.469 e. The Morgan fingerprint density at radius 3 is 1.75 bits per heavy atom. The van der Waals surface area contributed by atoms with Crippen molar-refractivity contribution < 1.29 is 23.7 Å². The van der Waals surface area contributed by atoms with Crippen molar-refractivity contribution in [2.45, 2.75) is 31.2 Å². The molecule has 1 aliphatic rings. The fourth-order valence-electron chi connectivity index (χ4n) is 2.29.